The third-order valence-corrected chi connectivity index (χ3v) is 1.12. The predicted molar refractivity (Wildman–Crippen MR) is 30.1 cm³/mol. The van der Waals surface area contributed by atoms with Gasteiger partial charge in [0.05, 0.1) is 0 Å². The fourth-order valence-corrected chi connectivity index (χ4v) is 0.564. The smallest absolute Gasteiger partial charge is 0.244 e. The highest BCUT2D eigenvalue weighted by molar-refractivity contribution is 5.87. The van der Waals surface area contributed by atoms with Crippen LogP contribution in [0.2, 0.25) is 0 Å². The summed E-state index contributed by atoms with van der Waals surface area (Å²) in [7, 11) is 0. The molecule has 1 atom stereocenters. The average molecular weight is 112 g/mol. The van der Waals surface area contributed by atoms with E-state index < -0.39 is 0 Å². The highest BCUT2D eigenvalue weighted by atomic mass is 16.2. The van der Waals surface area contributed by atoms with Crippen molar-refractivity contribution in [1.82, 2.24) is 10.6 Å². The molecular formula is C5H8N2O. The van der Waals surface area contributed by atoms with Crippen molar-refractivity contribution in [3.63, 3.8) is 0 Å². The van der Waals surface area contributed by atoms with E-state index in [-0.39, 0.29) is 11.9 Å². The van der Waals surface area contributed by atoms with Gasteiger partial charge in [0.1, 0.15) is 6.04 Å². The van der Waals surface area contributed by atoms with Gasteiger partial charge in [-0.05, 0) is 6.20 Å². The number of β-lactam (4-membered cyclic amide) rings is 1. The van der Waals surface area contributed by atoms with Crippen LogP contribution in [0, 0.1) is 0 Å². The molecule has 44 valence electrons. The molecule has 0 bridgehead atoms. The SMILES string of the molecule is C=CNC1CNC1=O. The maximum absolute atomic E-state index is 10.4. The summed E-state index contributed by atoms with van der Waals surface area (Å²) in [5.41, 5.74) is 0. The van der Waals surface area contributed by atoms with E-state index in [1.165, 1.54) is 6.20 Å². The Bertz CT molecular complexity index is 122. The summed E-state index contributed by atoms with van der Waals surface area (Å²) in [5, 5.41) is 5.38. The molecule has 3 nitrogen and oxygen atoms in total. The third kappa shape index (κ3) is 0.665. The predicted octanol–water partition coefficient (Wildman–Crippen LogP) is -0.782. The number of hydrogen-bond acceptors (Lipinski definition) is 2. The number of rotatable bonds is 2. The molecule has 1 unspecified atom stereocenters. The Morgan fingerprint density at radius 2 is 2.75 bits per heavy atom. The standard InChI is InChI=1S/C5H8N2O/c1-2-6-4-3-7-5(4)8/h2,4,6H,1,3H2,(H,7,8). The van der Waals surface area contributed by atoms with E-state index in [1.54, 1.807) is 0 Å². The molecule has 0 saturated carbocycles. The Morgan fingerprint density at radius 1 is 2.00 bits per heavy atom. The average Bonchev–Trinajstić information content (AvgIpc) is 1.79. The van der Waals surface area contributed by atoms with Gasteiger partial charge in [-0.1, -0.05) is 6.58 Å². The lowest BCUT2D eigenvalue weighted by molar-refractivity contribution is -0.128. The van der Waals surface area contributed by atoms with Gasteiger partial charge in [-0.25, -0.2) is 0 Å². The number of carbonyl (C=O) groups is 1. The van der Waals surface area contributed by atoms with Crippen molar-refractivity contribution in [1.29, 1.82) is 0 Å². The van der Waals surface area contributed by atoms with Crippen LogP contribution in [0.4, 0.5) is 0 Å². The Kier molecular flexibility index (Phi) is 1.20. The van der Waals surface area contributed by atoms with Crippen LogP contribution in [0.15, 0.2) is 12.8 Å². The lowest BCUT2D eigenvalue weighted by Gasteiger charge is -2.25. The van der Waals surface area contributed by atoms with E-state index in [4.69, 9.17) is 0 Å². The summed E-state index contributed by atoms with van der Waals surface area (Å²) in [6.45, 7) is 4.15. The van der Waals surface area contributed by atoms with Crippen molar-refractivity contribution < 1.29 is 4.79 Å². The normalized spacial score (nSPS) is 25.5. The van der Waals surface area contributed by atoms with Crippen LogP contribution < -0.4 is 10.6 Å². The summed E-state index contributed by atoms with van der Waals surface area (Å²) in [5.74, 6) is 0.0601. The van der Waals surface area contributed by atoms with E-state index in [2.05, 4.69) is 17.2 Å². The highest BCUT2D eigenvalue weighted by Gasteiger charge is 2.25. The molecule has 3 heteroatoms. The second-order valence-electron chi connectivity index (χ2n) is 1.67. The van der Waals surface area contributed by atoms with Gasteiger partial charge < -0.3 is 10.6 Å². The molecule has 1 amide bonds. The second-order valence-corrected chi connectivity index (χ2v) is 1.67. The summed E-state index contributed by atoms with van der Waals surface area (Å²) in [6, 6.07) is -0.0208. The van der Waals surface area contributed by atoms with Crippen molar-refractivity contribution in [3.8, 4) is 0 Å². The fraction of sp³-hybridized carbons (Fsp3) is 0.400. The van der Waals surface area contributed by atoms with Crippen molar-refractivity contribution in [2.75, 3.05) is 6.54 Å². The van der Waals surface area contributed by atoms with Crippen LogP contribution in [0.1, 0.15) is 0 Å². The number of carbonyl (C=O) groups excluding carboxylic acids is 1. The first-order valence-electron chi connectivity index (χ1n) is 2.49. The molecule has 1 aliphatic rings. The maximum atomic E-state index is 10.4. The topological polar surface area (TPSA) is 41.1 Å². The van der Waals surface area contributed by atoms with E-state index in [0.717, 1.165) is 6.54 Å². The van der Waals surface area contributed by atoms with E-state index in [9.17, 15) is 4.79 Å². The molecule has 0 aromatic rings. The minimum Gasteiger partial charge on any atom is -0.379 e. The molecule has 0 aromatic heterocycles. The zero-order valence-electron chi connectivity index (χ0n) is 4.48. The van der Waals surface area contributed by atoms with Gasteiger partial charge in [-0.3, -0.25) is 4.79 Å². The number of nitrogens with one attached hydrogen (secondary N) is 2. The number of hydrogen-bond donors (Lipinski definition) is 2. The highest BCUT2D eigenvalue weighted by Crippen LogP contribution is 1.91. The van der Waals surface area contributed by atoms with Crippen LogP contribution in [-0.4, -0.2) is 18.5 Å². The molecule has 1 aliphatic heterocycles. The van der Waals surface area contributed by atoms with Gasteiger partial charge in [0.15, 0.2) is 0 Å². The van der Waals surface area contributed by atoms with Crippen molar-refractivity contribution in [3.05, 3.63) is 12.8 Å². The van der Waals surface area contributed by atoms with Gasteiger partial charge in [-0.2, -0.15) is 0 Å². The first-order chi connectivity index (χ1) is 3.84. The molecule has 0 radical (unpaired) electrons. The summed E-state index contributed by atoms with van der Waals surface area (Å²) < 4.78 is 0. The van der Waals surface area contributed by atoms with Gasteiger partial charge in [0.2, 0.25) is 5.91 Å². The van der Waals surface area contributed by atoms with E-state index in [1.807, 2.05) is 0 Å². The van der Waals surface area contributed by atoms with Crippen molar-refractivity contribution >= 4 is 5.91 Å². The van der Waals surface area contributed by atoms with E-state index >= 15 is 0 Å². The van der Waals surface area contributed by atoms with E-state index in [0.29, 0.717) is 0 Å². The summed E-state index contributed by atoms with van der Waals surface area (Å²) in [6.07, 6.45) is 1.53. The Labute approximate surface area is 47.8 Å². The molecular weight excluding hydrogens is 104 g/mol. The zero-order chi connectivity index (χ0) is 5.98. The molecule has 1 fully saturated rings. The Hall–Kier alpha value is -0.990. The lowest BCUT2D eigenvalue weighted by atomic mass is 10.2. The molecule has 0 aliphatic carbocycles. The first kappa shape index (κ1) is 5.15. The van der Waals surface area contributed by atoms with Gasteiger partial charge in [0, 0.05) is 6.54 Å². The first-order valence-corrected chi connectivity index (χ1v) is 2.49. The Morgan fingerprint density at radius 3 is 2.88 bits per heavy atom. The minimum atomic E-state index is -0.0208. The molecule has 2 N–H and O–H groups in total. The van der Waals surface area contributed by atoms with Crippen molar-refractivity contribution in [2.24, 2.45) is 0 Å². The largest absolute Gasteiger partial charge is 0.379 e. The zero-order valence-corrected chi connectivity index (χ0v) is 4.48. The molecule has 1 heterocycles. The fourth-order valence-electron chi connectivity index (χ4n) is 0.564. The Balaban J connectivity index is 2.26. The maximum Gasteiger partial charge on any atom is 0.244 e. The molecule has 0 spiro atoms. The van der Waals surface area contributed by atoms with Crippen LogP contribution in [-0.2, 0) is 4.79 Å². The van der Waals surface area contributed by atoms with Crippen molar-refractivity contribution in [2.45, 2.75) is 6.04 Å². The molecule has 1 rings (SSSR count). The summed E-state index contributed by atoms with van der Waals surface area (Å²) in [4.78, 5) is 10.4. The van der Waals surface area contributed by atoms with Crippen LogP contribution in [0.5, 0.6) is 0 Å². The monoisotopic (exact) mass is 112 g/mol. The quantitative estimate of drug-likeness (QED) is 0.460. The lowest BCUT2D eigenvalue weighted by Crippen LogP contribution is -2.59. The van der Waals surface area contributed by atoms with Gasteiger partial charge in [0.25, 0.3) is 0 Å². The molecule has 0 aromatic carbocycles. The van der Waals surface area contributed by atoms with Gasteiger partial charge >= 0.3 is 0 Å². The summed E-state index contributed by atoms with van der Waals surface area (Å²) >= 11 is 0. The van der Waals surface area contributed by atoms with Crippen LogP contribution in [0.3, 0.4) is 0 Å². The minimum absolute atomic E-state index is 0.0208. The van der Waals surface area contributed by atoms with Crippen LogP contribution >= 0.6 is 0 Å². The van der Waals surface area contributed by atoms with Crippen LogP contribution in [0.25, 0.3) is 0 Å². The molecule has 1 saturated heterocycles. The van der Waals surface area contributed by atoms with Gasteiger partial charge in [-0.15, -0.1) is 0 Å². The third-order valence-electron chi connectivity index (χ3n) is 1.12. The second kappa shape index (κ2) is 1.86. The molecule has 8 heavy (non-hydrogen) atoms. The number of amides is 1.